The Morgan fingerprint density at radius 2 is 1.83 bits per heavy atom. The fourth-order valence-corrected chi connectivity index (χ4v) is 5.37. The zero-order valence-corrected chi connectivity index (χ0v) is 23.8. The third-order valence-corrected chi connectivity index (χ3v) is 7.63. The zero-order valence-electron chi connectivity index (χ0n) is 23.0. The smallest absolute Gasteiger partial charge is 0.254 e. The van der Waals surface area contributed by atoms with Gasteiger partial charge in [0.2, 0.25) is 11.9 Å². The number of nitrogens with zero attached hydrogens (tertiary/aromatic N) is 7. The van der Waals surface area contributed by atoms with E-state index in [0.717, 1.165) is 17.0 Å². The van der Waals surface area contributed by atoms with Crippen molar-refractivity contribution in [3.63, 3.8) is 0 Å². The fraction of sp³-hybridized carbons (Fsp3) is 0.233. The highest BCUT2D eigenvalue weighted by molar-refractivity contribution is 6.31. The minimum absolute atomic E-state index is 0.0642. The molecule has 1 aliphatic rings. The van der Waals surface area contributed by atoms with Crippen LogP contribution >= 0.6 is 11.6 Å². The van der Waals surface area contributed by atoms with Crippen LogP contribution < -0.4 is 16.2 Å². The Bertz CT molecular complexity index is 1820. The van der Waals surface area contributed by atoms with Gasteiger partial charge in [-0.1, -0.05) is 24.9 Å². The van der Waals surface area contributed by atoms with Crippen molar-refractivity contribution in [3.05, 3.63) is 94.6 Å². The number of rotatable bonds is 4. The molecule has 1 aromatic carbocycles. The molecule has 2 unspecified atom stereocenters. The van der Waals surface area contributed by atoms with Crippen molar-refractivity contribution in [2.24, 2.45) is 13.0 Å². The minimum Gasteiger partial charge on any atom is -0.324 e. The number of pyridine rings is 1. The number of carbonyl (C=O) groups excluding carboxylic acids is 1. The summed E-state index contributed by atoms with van der Waals surface area (Å²) in [4.78, 5) is 44.4. The molecule has 6 rings (SSSR count). The van der Waals surface area contributed by atoms with Gasteiger partial charge in [0, 0.05) is 53.8 Å². The molecule has 0 radical (unpaired) electrons. The minimum atomic E-state index is -0.389. The predicted octanol–water partition coefficient (Wildman–Crippen LogP) is 5.24. The molecule has 2 N–H and O–H groups in total. The first-order chi connectivity index (χ1) is 20.4. The molecule has 4 aromatic heterocycles. The Balaban J connectivity index is 1.40. The number of halogens is 1. The van der Waals surface area contributed by atoms with Crippen LogP contribution in [0.4, 0.5) is 17.3 Å². The van der Waals surface area contributed by atoms with Crippen LogP contribution in [-0.2, 0) is 11.8 Å². The average Bonchev–Trinajstić information content (AvgIpc) is 3.36. The van der Waals surface area contributed by atoms with Gasteiger partial charge < -0.3 is 10.6 Å². The SMILES string of the molecule is CC1CCCC(n2cnc(-c3cc(Cl)ccc3Nc3ncccn3)cc2=O)c2cc(ccn2)-c2c(cnn2C)NC1=O. The van der Waals surface area contributed by atoms with Crippen LogP contribution in [0.5, 0.6) is 0 Å². The van der Waals surface area contributed by atoms with Crippen molar-refractivity contribution in [2.75, 3.05) is 10.6 Å². The number of aryl methyl sites for hydroxylation is 1. The summed E-state index contributed by atoms with van der Waals surface area (Å²) in [5.74, 6) is 0.128. The lowest BCUT2D eigenvalue weighted by Crippen LogP contribution is -2.27. The molecule has 2 atom stereocenters. The van der Waals surface area contributed by atoms with E-state index in [-0.39, 0.29) is 23.4 Å². The highest BCUT2D eigenvalue weighted by Crippen LogP contribution is 2.33. The monoisotopic (exact) mass is 581 g/mol. The molecule has 0 saturated carbocycles. The van der Waals surface area contributed by atoms with Crippen LogP contribution in [0.15, 0.2) is 78.4 Å². The second-order valence-corrected chi connectivity index (χ2v) is 10.7. The van der Waals surface area contributed by atoms with Crippen LogP contribution in [0.1, 0.15) is 37.9 Å². The first kappa shape index (κ1) is 27.3. The van der Waals surface area contributed by atoms with Crippen LogP contribution in [0.25, 0.3) is 22.5 Å². The number of nitrogens with one attached hydrogen (secondary N) is 2. The van der Waals surface area contributed by atoms with Gasteiger partial charge in [0.15, 0.2) is 0 Å². The van der Waals surface area contributed by atoms with E-state index in [4.69, 9.17) is 11.6 Å². The Morgan fingerprint density at radius 1 is 1.00 bits per heavy atom. The van der Waals surface area contributed by atoms with E-state index in [2.05, 4.69) is 35.7 Å². The fourth-order valence-electron chi connectivity index (χ4n) is 5.20. The molecule has 0 spiro atoms. The summed E-state index contributed by atoms with van der Waals surface area (Å²) in [5.41, 5.74) is 4.49. The Hall–Kier alpha value is -4.90. The molecule has 42 heavy (non-hydrogen) atoms. The molecular formula is C30H28ClN9O2. The van der Waals surface area contributed by atoms with Crippen molar-refractivity contribution in [3.8, 4) is 22.5 Å². The number of carbonyl (C=O) groups is 1. The van der Waals surface area contributed by atoms with E-state index < -0.39 is 0 Å². The topological polar surface area (TPSA) is 133 Å². The van der Waals surface area contributed by atoms with E-state index in [9.17, 15) is 9.59 Å². The van der Waals surface area contributed by atoms with Gasteiger partial charge in [-0.2, -0.15) is 5.10 Å². The predicted molar refractivity (Wildman–Crippen MR) is 160 cm³/mol. The summed E-state index contributed by atoms with van der Waals surface area (Å²) in [7, 11) is 1.83. The van der Waals surface area contributed by atoms with Gasteiger partial charge in [-0.3, -0.25) is 23.8 Å². The maximum Gasteiger partial charge on any atom is 0.254 e. The van der Waals surface area contributed by atoms with E-state index in [0.29, 0.717) is 52.9 Å². The van der Waals surface area contributed by atoms with Gasteiger partial charge in [-0.05, 0) is 49.2 Å². The number of anilines is 3. The third kappa shape index (κ3) is 5.51. The lowest BCUT2D eigenvalue weighted by atomic mass is 9.97. The molecule has 0 aliphatic carbocycles. The van der Waals surface area contributed by atoms with E-state index in [1.54, 1.807) is 64.6 Å². The highest BCUT2D eigenvalue weighted by Gasteiger charge is 2.24. The largest absolute Gasteiger partial charge is 0.324 e. The Labute approximate surface area is 246 Å². The van der Waals surface area contributed by atoms with Crippen LogP contribution in [0.2, 0.25) is 5.02 Å². The standard InChI is InChI=1S/C30H28ClN9O2/c1-18-5-3-6-26(24-13-19(9-12-32-24)28-25(37-29(18)42)16-36-39(28)2)40-17-35-23(15-27(40)41)21-14-20(31)7-8-22(21)38-30-33-10-4-11-34-30/h4,7-18,26H,3,5-6H2,1-2H3,(H,37,42)(H,33,34,38). The van der Waals surface area contributed by atoms with Crippen molar-refractivity contribution < 1.29 is 4.79 Å². The van der Waals surface area contributed by atoms with E-state index in [1.807, 2.05) is 26.1 Å². The van der Waals surface area contributed by atoms with Crippen LogP contribution in [-0.4, -0.2) is 40.2 Å². The van der Waals surface area contributed by atoms with Crippen molar-refractivity contribution >= 4 is 34.8 Å². The highest BCUT2D eigenvalue weighted by atomic mass is 35.5. The van der Waals surface area contributed by atoms with E-state index >= 15 is 0 Å². The number of amides is 1. The summed E-state index contributed by atoms with van der Waals surface area (Å²) in [6, 6.07) is 11.9. The summed E-state index contributed by atoms with van der Waals surface area (Å²) in [5, 5.41) is 11.1. The normalized spacial score (nSPS) is 17.0. The lowest BCUT2D eigenvalue weighted by Gasteiger charge is -2.22. The maximum atomic E-state index is 13.7. The van der Waals surface area contributed by atoms with Gasteiger partial charge in [0.1, 0.15) is 0 Å². The van der Waals surface area contributed by atoms with Crippen LogP contribution in [0, 0.1) is 5.92 Å². The van der Waals surface area contributed by atoms with Crippen molar-refractivity contribution in [1.82, 2.24) is 34.3 Å². The number of benzene rings is 1. The Kier molecular flexibility index (Phi) is 7.49. The second-order valence-electron chi connectivity index (χ2n) is 10.2. The second kappa shape index (κ2) is 11.5. The number of fused-ring (bicyclic) bond motifs is 4. The molecule has 0 saturated heterocycles. The summed E-state index contributed by atoms with van der Waals surface area (Å²) >= 11 is 6.34. The van der Waals surface area contributed by atoms with Gasteiger partial charge in [0.05, 0.1) is 47.0 Å². The van der Waals surface area contributed by atoms with Gasteiger partial charge in [0.25, 0.3) is 5.56 Å². The molecular weight excluding hydrogens is 554 g/mol. The number of hydrogen-bond acceptors (Lipinski definition) is 8. The number of hydrogen-bond donors (Lipinski definition) is 2. The number of aromatic nitrogens is 7. The van der Waals surface area contributed by atoms with Gasteiger partial charge in [-0.15, -0.1) is 0 Å². The summed E-state index contributed by atoms with van der Waals surface area (Å²) in [6.07, 6.45) is 10.2. The van der Waals surface area contributed by atoms with Crippen molar-refractivity contribution in [1.29, 1.82) is 0 Å². The average molecular weight is 582 g/mol. The van der Waals surface area contributed by atoms with Gasteiger partial charge in [-0.25, -0.2) is 15.0 Å². The van der Waals surface area contributed by atoms with Gasteiger partial charge >= 0.3 is 0 Å². The first-order valence-electron chi connectivity index (χ1n) is 13.6. The van der Waals surface area contributed by atoms with Crippen molar-refractivity contribution in [2.45, 2.75) is 32.2 Å². The molecule has 2 bridgehead atoms. The molecule has 212 valence electrons. The molecule has 11 nitrogen and oxygen atoms in total. The molecule has 5 heterocycles. The molecule has 1 aliphatic heterocycles. The Morgan fingerprint density at radius 3 is 2.64 bits per heavy atom. The zero-order chi connectivity index (χ0) is 29.2. The summed E-state index contributed by atoms with van der Waals surface area (Å²) < 4.78 is 3.33. The molecule has 12 heteroatoms. The third-order valence-electron chi connectivity index (χ3n) is 7.40. The maximum absolute atomic E-state index is 13.7. The molecule has 5 aromatic rings. The first-order valence-corrected chi connectivity index (χ1v) is 14.0. The lowest BCUT2D eigenvalue weighted by molar-refractivity contribution is -0.119. The summed E-state index contributed by atoms with van der Waals surface area (Å²) in [6.45, 7) is 1.91. The van der Waals surface area contributed by atoms with Crippen LogP contribution in [0.3, 0.4) is 0 Å². The van der Waals surface area contributed by atoms with E-state index in [1.165, 1.54) is 6.07 Å². The molecule has 0 fully saturated rings. The molecule has 1 amide bonds. The quantitative estimate of drug-likeness (QED) is 0.294.